The first-order chi connectivity index (χ1) is 13.3. The number of fused-ring (bicyclic) bond motifs is 1. The Morgan fingerprint density at radius 2 is 1.82 bits per heavy atom. The van der Waals surface area contributed by atoms with Gasteiger partial charge in [0.05, 0.1) is 16.5 Å². The second kappa shape index (κ2) is 7.78. The number of halogens is 1. The summed E-state index contributed by atoms with van der Waals surface area (Å²) in [6.45, 7) is 3.71. The van der Waals surface area contributed by atoms with E-state index in [2.05, 4.69) is 9.88 Å². The molecule has 152 valence electrons. The summed E-state index contributed by atoms with van der Waals surface area (Å²) in [4.78, 5) is 21.7. The van der Waals surface area contributed by atoms with Gasteiger partial charge in [-0.15, -0.1) is 0 Å². The van der Waals surface area contributed by atoms with Crippen LogP contribution in [0.2, 0.25) is 5.02 Å². The van der Waals surface area contributed by atoms with Crippen LogP contribution in [0, 0.1) is 5.92 Å². The maximum Gasteiger partial charge on any atom is 0.225 e. The summed E-state index contributed by atoms with van der Waals surface area (Å²) < 4.78 is 25.8. The predicted molar refractivity (Wildman–Crippen MR) is 113 cm³/mol. The van der Waals surface area contributed by atoms with Gasteiger partial charge in [0, 0.05) is 50.2 Å². The number of carbonyl (C=O) groups excluding carboxylic acids is 1. The highest BCUT2D eigenvalue weighted by atomic mass is 35.5. The number of nitrogens with zero attached hydrogens (tertiary/aromatic N) is 4. The molecule has 2 aromatic rings. The number of carbonyl (C=O) groups is 1. The Morgan fingerprint density at radius 1 is 1.14 bits per heavy atom. The van der Waals surface area contributed by atoms with Crippen molar-refractivity contribution in [2.24, 2.45) is 5.92 Å². The van der Waals surface area contributed by atoms with E-state index in [4.69, 9.17) is 11.6 Å². The van der Waals surface area contributed by atoms with E-state index in [0.29, 0.717) is 44.0 Å². The number of thiazole rings is 1. The second-order valence-electron chi connectivity index (χ2n) is 7.36. The van der Waals surface area contributed by atoms with Gasteiger partial charge in [0.15, 0.2) is 5.13 Å². The molecule has 1 amide bonds. The molecule has 1 aromatic heterocycles. The number of anilines is 1. The minimum Gasteiger partial charge on any atom is -0.345 e. The zero-order valence-electron chi connectivity index (χ0n) is 15.7. The van der Waals surface area contributed by atoms with E-state index in [0.717, 1.165) is 28.4 Å². The number of amides is 1. The molecule has 0 saturated carbocycles. The Labute approximate surface area is 173 Å². The lowest BCUT2D eigenvalue weighted by molar-refractivity contribution is -0.137. The molecular weight excluding hydrogens is 420 g/mol. The number of hydrogen-bond donors (Lipinski definition) is 0. The molecule has 2 aliphatic heterocycles. The lowest BCUT2D eigenvalue weighted by Crippen LogP contribution is -2.52. The summed E-state index contributed by atoms with van der Waals surface area (Å²) in [6, 6.07) is 5.71. The maximum absolute atomic E-state index is 12.8. The average molecular weight is 443 g/mol. The Kier molecular flexibility index (Phi) is 5.52. The molecule has 1 aromatic carbocycles. The molecule has 0 aliphatic carbocycles. The van der Waals surface area contributed by atoms with Crippen molar-refractivity contribution < 1.29 is 13.2 Å². The van der Waals surface area contributed by atoms with Crippen LogP contribution >= 0.6 is 22.9 Å². The van der Waals surface area contributed by atoms with Crippen LogP contribution in [0.15, 0.2) is 18.2 Å². The third kappa shape index (κ3) is 4.12. The van der Waals surface area contributed by atoms with E-state index in [1.165, 1.54) is 10.6 Å². The summed E-state index contributed by atoms with van der Waals surface area (Å²) in [6.07, 6.45) is 2.43. The van der Waals surface area contributed by atoms with Crippen molar-refractivity contribution in [1.29, 1.82) is 0 Å². The smallest absolute Gasteiger partial charge is 0.225 e. The molecule has 10 heteroatoms. The molecule has 2 aliphatic rings. The van der Waals surface area contributed by atoms with Crippen LogP contribution in [0.4, 0.5) is 5.13 Å². The zero-order valence-corrected chi connectivity index (χ0v) is 18.1. The summed E-state index contributed by atoms with van der Waals surface area (Å²) in [5.41, 5.74) is 0.945. The van der Waals surface area contributed by atoms with E-state index >= 15 is 0 Å². The van der Waals surface area contributed by atoms with Gasteiger partial charge >= 0.3 is 0 Å². The summed E-state index contributed by atoms with van der Waals surface area (Å²) in [5, 5.41) is 1.67. The first kappa shape index (κ1) is 19.9. The van der Waals surface area contributed by atoms with Crippen molar-refractivity contribution in [3.63, 3.8) is 0 Å². The van der Waals surface area contributed by atoms with Crippen LogP contribution in [0.3, 0.4) is 0 Å². The largest absolute Gasteiger partial charge is 0.345 e. The first-order valence-electron chi connectivity index (χ1n) is 9.36. The molecule has 0 unspecified atom stereocenters. The Hall–Kier alpha value is -1.42. The average Bonchev–Trinajstić information content (AvgIpc) is 3.10. The van der Waals surface area contributed by atoms with Crippen LogP contribution in [0.25, 0.3) is 10.2 Å². The van der Waals surface area contributed by atoms with Crippen LogP contribution < -0.4 is 4.90 Å². The lowest BCUT2D eigenvalue weighted by atomic mass is 9.96. The van der Waals surface area contributed by atoms with Gasteiger partial charge < -0.3 is 9.80 Å². The minimum absolute atomic E-state index is 0.0749. The number of piperazine rings is 1. The highest BCUT2D eigenvalue weighted by Gasteiger charge is 2.33. The lowest BCUT2D eigenvalue weighted by Gasteiger charge is -2.38. The van der Waals surface area contributed by atoms with Gasteiger partial charge in [-0.2, -0.15) is 0 Å². The molecular formula is C18H23ClN4O3S2. The molecule has 3 heterocycles. The van der Waals surface area contributed by atoms with Crippen molar-refractivity contribution in [2.45, 2.75) is 12.8 Å². The first-order valence-corrected chi connectivity index (χ1v) is 12.4. The fraction of sp³-hybridized carbons (Fsp3) is 0.556. The highest BCUT2D eigenvalue weighted by Crippen LogP contribution is 2.31. The normalized spacial score (nSPS) is 20.1. The van der Waals surface area contributed by atoms with Crippen LogP contribution in [-0.2, 0) is 14.8 Å². The quantitative estimate of drug-likeness (QED) is 0.729. The molecule has 0 bridgehead atoms. The zero-order chi connectivity index (χ0) is 19.9. The van der Waals surface area contributed by atoms with E-state index in [1.54, 1.807) is 11.3 Å². The fourth-order valence-electron chi connectivity index (χ4n) is 3.83. The number of sulfonamides is 1. The molecule has 0 N–H and O–H groups in total. The van der Waals surface area contributed by atoms with Gasteiger partial charge in [-0.25, -0.2) is 17.7 Å². The number of rotatable bonds is 3. The van der Waals surface area contributed by atoms with Gasteiger partial charge in [0.25, 0.3) is 0 Å². The highest BCUT2D eigenvalue weighted by molar-refractivity contribution is 7.88. The standard InChI is InChI=1S/C18H23ClN4O3S2/c1-28(25,26)23-6-4-13(5-7-23)17(24)21-8-10-22(11-9-21)18-20-15-3-2-14(19)12-16(15)27-18/h2-3,12-13H,4-11H2,1H3. The van der Waals surface area contributed by atoms with E-state index in [-0.39, 0.29) is 11.8 Å². The summed E-state index contributed by atoms with van der Waals surface area (Å²) in [5.74, 6) is 0.0815. The topological polar surface area (TPSA) is 73.8 Å². The molecule has 0 radical (unpaired) electrons. The van der Waals surface area contributed by atoms with Crippen LogP contribution in [0.1, 0.15) is 12.8 Å². The van der Waals surface area contributed by atoms with Gasteiger partial charge in [-0.1, -0.05) is 22.9 Å². The Morgan fingerprint density at radius 3 is 2.46 bits per heavy atom. The van der Waals surface area contributed by atoms with Crippen LogP contribution in [0.5, 0.6) is 0 Å². The Balaban J connectivity index is 1.34. The second-order valence-corrected chi connectivity index (χ2v) is 10.8. The summed E-state index contributed by atoms with van der Waals surface area (Å²) in [7, 11) is -3.16. The number of hydrogen-bond acceptors (Lipinski definition) is 6. The number of benzene rings is 1. The van der Waals surface area contributed by atoms with Gasteiger partial charge in [0.2, 0.25) is 15.9 Å². The van der Waals surface area contributed by atoms with Crippen molar-refractivity contribution in [3.8, 4) is 0 Å². The van der Waals surface area contributed by atoms with Crippen LogP contribution in [-0.4, -0.2) is 74.0 Å². The predicted octanol–water partition coefficient (Wildman–Crippen LogP) is 2.27. The van der Waals surface area contributed by atoms with Crippen molar-refractivity contribution >= 4 is 54.2 Å². The molecule has 0 spiro atoms. The monoisotopic (exact) mass is 442 g/mol. The summed E-state index contributed by atoms with van der Waals surface area (Å²) >= 11 is 7.68. The minimum atomic E-state index is -3.16. The molecule has 28 heavy (non-hydrogen) atoms. The van der Waals surface area contributed by atoms with E-state index in [1.807, 2.05) is 23.1 Å². The van der Waals surface area contributed by atoms with E-state index < -0.39 is 10.0 Å². The van der Waals surface area contributed by atoms with Gasteiger partial charge in [0.1, 0.15) is 0 Å². The van der Waals surface area contributed by atoms with Gasteiger partial charge in [-0.3, -0.25) is 4.79 Å². The Bertz CT molecular complexity index is 978. The molecule has 4 rings (SSSR count). The van der Waals surface area contributed by atoms with Gasteiger partial charge in [-0.05, 0) is 31.0 Å². The molecule has 0 atom stereocenters. The third-order valence-electron chi connectivity index (χ3n) is 5.47. The molecule has 7 nitrogen and oxygen atoms in total. The third-order valence-corrected chi connectivity index (χ3v) is 8.09. The van der Waals surface area contributed by atoms with Crippen molar-refractivity contribution in [3.05, 3.63) is 23.2 Å². The fourth-order valence-corrected chi connectivity index (χ4v) is 6.00. The SMILES string of the molecule is CS(=O)(=O)N1CCC(C(=O)N2CCN(c3nc4ccc(Cl)cc4s3)CC2)CC1. The molecule has 2 fully saturated rings. The molecule has 2 saturated heterocycles. The maximum atomic E-state index is 12.8. The van der Waals surface area contributed by atoms with E-state index in [9.17, 15) is 13.2 Å². The van der Waals surface area contributed by atoms with Crippen molar-refractivity contribution in [1.82, 2.24) is 14.2 Å². The van der Waals surface area contributed by atoms with Crippen molar-refractivity contribution in [2.75, 3.05) is 50.4 Å². The number of piperidine rings is 1. The number of aromatic nitrogens is 1.